The van der Waals surface area contributed by atoms with Crippen molar-refractivity contribution in [1.29, 1.82) is 5.26 Å². The van der Waals surface area contributed by atoms with Gasteiger partial charge in [0.15, 0.2) is 0 Å². The van der Waals surface area contributed by atoms with Crippen LogP contribution in [0.5, 0.6) is 0 Å². The van der Waals surface area contributed by atoms with E-state index in [-0.39, 0.29) is 11.8 Å². The van der Waals surface area contributed by atoms with Crippen molar-refractivity contribution < 1.29 is 4.79 Å². The third kappa shape index (κ3) is 1.99. The lowest BCUT2D eigenvalue weighted by molar-refractivity contribution is -0.120. The summed E-state index contributed by atoms with van der Waals surface area (Å²) in [5, 5.41) is 14.6. The van der Waals surface area contributed by atoms with Crippen LogP contribution in [-0.2, 0) is 4.79 Å². The summed E-state index contributed by atoms with van der Waals surface area (Å²) >= 11 is 3.00. The summed E-state index contributed by atoms with van der Waals surface area (Å²) in [4.78, 5) is 12.6. The third-order valence-corrected chi connectivity index (χ3v) is 4.16. The molecule has 1 aromatic heterocycles. The van der Waals surface area contributed by atoms with Crippen LogP contribution in [0.4, 0.5) is 0 Å². The van der Waals surface area contributed by atoms with Gasteiger partial charge in [-0.05, 0) is 17.7 Å². The van der Waals surface area contributed by atoms with E-state index in [9.17, 15) is 10.1 Å². The monoisotopic (exact) mass is 250 g/mol. The van der Waals surface area contributed by atoms with Gasteiger partial charge in [-0.2, -0.15) is 5.26 Å². The molecule has 0 unspecified atom stereocenters. The van der Waals surface area contributed by atoms with Crippen LogP contribution in [-0.4, -0.2) is 12.2 Å². The van der Waals surface area contributed by atoms with Crippen molar-refractivity contribution in [3.63, 3.8) is 0 Å². The summed E-state index contributed by atoms with van der Waals surface area (Å²) in [6.07, 6.45) is 2.23. The van der Waals surface area contributed by atoms with Crippen molar-refractivity contribution >= 4 is 29.0 Å². The number of amides is 1. The standard InChI is InChI=1S/C11H10N2OS2/c1-15-11-8(6-12)7(5-10(14)13-11)9-3-2-4-16-9/h2-4,7H,5H2,1H3,(H,13,14)/t7-/m0/s1. The number of hydrogen-bond acceptors (Lipinski definition) is 4. The molecule has 3 nitrogen and oxygen atoms in total. The molecule has 82 valence electrons. The second-order valence-electron chi connectivity index (χ2n) is 3.38. The normalized spacial score (nSPS) is 20.5. The number of nitrogens with one attached hydrogen (secondary N) is 1. The van der Waals surface area contributed by atoms with E-state index in [1.165, 1.54) is 11.8 Å². The number of hydrogen-bond donors (Lipinski definition) is 1. The fourth-order valence-electron chi connectivity index (χ4n) is 1.71. The molecule has 0 spiro atoms. The Bertz CT molecular complexity index is 471. The maximum atomic E-state index is 11.5. The van der Waals surface area contributed by atoms with Crippen molar-refractivity contribution in [2.45, 2.75) is 12.3 Å². The molecule has 0 saturated heterocycles. The van der Waals surface area contributed by atoms with Crippen LogP contribution in [0.25, 0.3) is 0 Å². The van der Waals surface area contributed by atoms with E-state index in [0.717, 1.165) is 4.88 Å². The molecular formula is C11H10N2OS2. The second kappa shape index (κ2) is 4.73. The van der Waals surface area contributed by atoms with Gasteiger partial charge in [-0.1, -0.05) is 6.07 Å². The minimum Gasteiger partial charge on any atom is -0.320 e. The highest BCUT2D eigenvalue weighted by Gasteiger charge is 2.29. The first-order chi connectivity index (χ1) is 7.76. The molecule has 1 amide bonds. The number of allylic oxidation sites excluding steroid dienone is 1. The Balaban J connectivity index is 2.44. The van der Waals surface area contributed by atoms with Crippen LogP contribution in [0, 0.1) is 11.3 Å². The highest BCUT2D eigenvalue weighted by molar-refractivity contribution is 8.02. The number of thioether (sulfide) groups is 1. The topological polar surface area (TPSA) is 52.9 Å². The smallest absolute Gasteiger partial charge is 0.225 e. The summed E-state index contributed by atoms with van der Waals surface area (Å²) < 4.78 is 0. The molecule has 0 fully saturated rings. The number of rotatable bonds is 2. The zero-order valence-corrected chi connectivity index (χ0v) is 10.3. The average Bonchev–Trinajstić information content (AvgIpc) is 2.81. The summed E-state index contributed by atoms with van der Waals surface area (Å²) in [7, 11) is 0. The molecule has 1 aliphatic rings. The van der Waals surface area contributed by atoms with Gasteiger partial charge in [0.1, 0.15) is 0 Å². The van der Waals surface area contributed by atoms with Gasteiger partial charge in [0, 0.05) is 17.2 Å². The number of nitrogens with zero attached hydrogens (tertiary/aromatic N) is 1. The van der Waals surface area contributed by atoms with E-state index in [2.05, 4.69) is 11.4 Å². The molecule has 2 heterocycles. The molecular weight excluding hydrogens is 240 g/mol. The van der Waals surface area contributed by atoms with E-state index < -0.39 is 0 Å². The summed E-state index contributed by atoms with van der Waals surface area (Å²) in [5.41, 5.74) is 0.676. The highest BCUT2D eigenvalue weighted by atomic mass is 32.2. The van der Waals surface area contributed by atoms with Crippen LogP contribution >= 0.6 is 23.1 Å². The quantitative estimate of drug-likeness (QED) is 0.877. The first kappa shape index (κ1) is 11.2. The van der Waals surface area contributed by atoms with Gasteiger partial charge in [-0.25, -0.2) is 0 Å². The fraction of sp³-hybridized carbons (Fsp3) is 0.273. The van der Waals surface area contributed by atoms with E-state index in [4.69, 9.17) is 0 Å². The minimum atomic E-state index is -0.0683. The van der Waals surface area contributed by atoms with Crippen molar-refractivity contribution in [3.05, 3.63) is 33.0 Å². The average molecular weight is 250 g/mol. The highest BCUT2D eigenvalue weighted by Crippen LogP contribution is 2.36. The number of nitriles is 1. The first-order valence-corrected chi connectivity index (χ1v) is 6.88. The van der Waals surface area contributed by atoms with Crippen LogP contribution in [0.3, 0.4) is 0 Å². The lowest BCUT2D eigenvalue weighted by Crippen LogP contribution is -2.30. The molecule has 2 rings (SSSR count). The van der Waals surface area contributed by atoms with E-state index in [1.54, 1.807) is 11.3 Å². The molecule has 0 aromatic carbocycles. The lowest BCUT2D eigenvalue weighted by Gasteiger charge is -2.23. The minimum absolute atomic E-state index is 0.0123. The van der Waals surface area contributed by atoms with Gasteiger partial charge in [-0.15, -0.1) is 23.1 Å². The summed E-state index contributed by atoms with van der Waals surface area (Å²) in [6.45, 7) is 0. The molecule has 1 atom stereocenters. The maximum absolute atomic E-state index is 11.5. The largest absolute Gasteiger partial charge is 0.320 e. The third-order valence-electron chi connectivity index (χ3n) is 2.45. The number of carbonyl (C=O) groups is 1. The molecule has 1 aliphatic heterocycles. The zero-order valence-electron chi connectivity index (χ0n) is 8.69. The maximum Gasteiger partial charge on any atom is 0.225 e. The first-order valence-electron chi connectivity index (χ1n) is 4.77. The predicted octanol–water partition coefficient (Wildman–Crippen LogP) is 2.45. The number of thiophene rings is 1. The Morgan fingerprint density at radius 2 is 2.50 bits per heavy atom. The Labute approximate surface area is 102 Å². The van der Waals surface area contributed by atoms with Crippen molar-refractivity contribution in [2.75, 3.05) is 6.26 Å². The molecule has 5 heteroatoms. The van der Waals surface area contributed by atoms with Crippen LogP contribution in [0.2, 0.25) is 0 Å². The van der Waals surface area contributed by atoms with Crippen molar-refractivity contribution in [2.24, 2.45) is 0 Å². The van der Waals surface area contributed by atoms with Gasteiger partial charge in [0.05, 0.1) is 16.7 Å². The van der Waals surface area contributed by atoms with Gasteiger partial charge >= 0.3 is 0 Å². The Morgan fingerprint density at radius 1 is 1.69 bits per heavy atom. The lowest BCUT2D eigenvalue weighted by atomic mass is 9.93. The second-order valence-corrected chi connectivity index (χ2v) is 5.17. The van der Waals surface area contributed by atoms with Gasteiger partial charge in [0.25, 0.3) is 0 Å². The van der Waals surface area contributed by atoms with E-state index >= 15 is 0 Å². The van der Waals surface area contributed by atoms with Gasteiger partial charge < -0.3 is 5.32 Å². The van der Waals surface area contributed by atoms with Crippen LogP contribution in [0.15, 0.2) is 28.1 Å². The van der Waals surface area contributed by atoms with Gasteiger partial charge in [0.2, 0.25) is 5.91 Å². The predicted molar refractivity (Wildman–Crippen MR) is 66.0 cm³/mol. The Morgan fingerprint density at radius 3 is 3.06 bits per heavy atom. The molecule has 16 heavy (non-hydrogen) atoms. The molecule has 0 aliphatic carbocycles. The molecule has 1 N–H and O–H groups in total. The zero-order chi connectivity index (χ0) is 11.5. The van der Waals surface area contributed by atoms with Crippen LogP contribution < -0.4 is 5.32 Å². The number of carbonyl (C=O) groups excluding carboxylic acids is 1. The fourth-order valence-corrected chi connectivity index (χ4v) is 3.17. The molecule has 0 radical (unpaired) electrons. The SMILES string of the molecule is CSC1=C(C#N)[C@@H](c2cccs2)CC(=O)N1. The van der Waals surface area contributed by atoms with Crippen molar-refractivity contribution in [3.8, 4) is 6.07 Å². The van der Waals surface area contributed by atoms with E-state index in [0.29, 0.717) is 17.0 Å². The molecule has 1 aromatic rings. The van der Waals surface area contributed by atoms with Crippen LogP contribution in [0.1, 0.15) is 17.2 Å². The molecule has 0 saturated carbocycles. The van der Waals surface area contributed by atoms with Gasteiger partial charge in [-0.3, -0.25) is 4.79 Å². The summed E-state index contributed by atoms with van der Waals surface area (Å²) in [5.74, 6) is -0.0806. The Kier molecular flexibility index (Phi) is 3.32. The van der Waals surface area contributed by atoms with Crippen molar-refractivity contribution in [1.82, 2.24) is 5.32 Å². The Hall–Kier alpha value is -1.25. The summed E-state index contributed by atoms with van der Waals surface area (Å²) in [6, 6.07) is 6.13. The molecule has 0 bridgehead atoms. The van der Waals surface area contributed by atoms with E-state index in [1.807, 2.05) is 23.8 Å².